The molecular formula is C14H25N3O2. The van der Waals surface area contributed by atoms with Crippen LogP contribution in [0.25, 0.3) is 0 Å². The third kappa shape index (κ3) is 5.03. The van der Waals surface area contributed by atoms with Gasteiger partial charge < -0.3 is 9.88 Å². The molecular weight excluding hydrogens is 242 g/mol. The second-order valence-corrected chi connectivity index (χ2v) is 4.68. The molecule has 0 amide bonds. The van der Waals surface area contributed by atoms with Gasteiger partial charge in [-0.1, -0.05) is 26.2 Å². The maximum Gasteiger partial charge on any atom is 0.330 e. The molecule has 0 aliphatic rings. The molecule has 0 saturated carbocycles. The van der Waals surface area contributed by atoms with Gasteiger partial charge in [-0.05, 0) is 19.9 Å². The van der Waals surface area contributed by atoms with Crippen molar-refractivity contribution in [3.8, 4) is 0 Å². The smallest absolute Gasteiger partial charge is 0.315 e. The fraction of sp³-hybridized carbons (Fsp3) is 0.714. The van der Waals surface area contributed by atoms with Crippen molar-refractivity contribution in [2.75, 3.05) is 13.1 Å². The molecule has 0 aliphatic carbocycles. The van der Waals surface area contributed by atoms with E-state index < -0.39 is 0 Å². The minimum Gasteiger partial charge on any atom is -0.315 e. The SMILES string of the molecule is CCCCCCNCCn1c(=O)ccn(CC)c1=O. The molecule has 1 heterocycles. The fourth-order valence-corrected chi connectivity index (χ4v) is 2.00. The molecule has 0 fully saturated rings. The molecule has 0 aromatic carbocycles. The predicted octanol–water partition coefficient (Wildman–Crippen LogP) is 1.20. The van der Waals surface area contributed by atoms with E-state index in [0.29, 0.717) is 19.6 Å². The van der Waals surface area contributed by atoms with Crippen molar-refractivity contribution in [1.29, 1.82) is 0 Å². The maximum absolute atomic E-state index is 11.9. The van der Waals surface area contributed by atoms with Crippen LogP contribution in [0.15, 0.2) is 21.9 Å². The first-order chi connectivity index (χ1) is 9.20. The largest absolute Gasteiger partial charge is 0.330 e. The van der Waals surface area contributed by atoms with Crippen molar-refractivity contribution in [2.24, 2.45) is 0 Å². The van der Waals surface area contributed by atoms with Gasteiger partial charge in [0.15, 0.2) is 0 Å². The maximum atomic E-state index is 11.9. The number of rotatable bonds is 9. The highest BCUT2D eigenvalue weighted by Crippen LogP contribution is 1.96. The van der Waals surface area contributed by atoms with Crippen LogP contribution in [0.3, 0.4) is 0 Å². The first kappa shape index (κ1) is 15.7. The summed E-state index contributed by atoms with van der Waals surface area (Å²) >= 11 is 0. The van der Waals surface area contributed by atoms with Crippen LogP contribution in [0.1, 0.15) is 39.5 Å². The first-order valence-electron chi connectivity index (χ1n) is 7.21. The fourth-order valence-electron chi connectivity index (χ4n) is 2.00. The lowest BCUT2D eigenvalue weighted by Gasteiger charge is -2.09. The minimum absolute atomic E-state index is 0.220. The summed E-state index contributed by atoms with van der Waals surface area (Å²) in [6.07, 6.45) is 6.44. The van der Waals surface area contributed by atoms with Crippen molar-refractivity contribution < 1.29 is 0 Å². The monoisotopic (exact) mass is 267 g/mol. The highest BCUT2D eigenvalue weighted by Gasteiger charge is 2.03. The average molecular weight is 267 g/mol. The molecule has 1 N–H and O–H groups in total. The zero-order valence-electron chi connectivity index (χ0n) is 12.0. The van der Waals surface area contributed by atoms with Gasteiger partial charge in [0.25, 0.3) is 5.56 Å². The molecule has 0 spiro atoms. The van der Waals surface area contributed by atoms with Crippen LogP contribution < -0.4 is 16.6 Å². The second-order valence-electron chi connectivity index (χ2n) is 4.68. The third-order valence-corrected chi connectivity index (χ3v) is 3.20. The standard InChI is InChI=1S/C14H25N3O2/c1-3-5-6-7-9-15-10-12-17-13(18)8-11-16(4-2)14(17)19/h8,11,15H,3-7,9-10,12H2,1-2H3. The molecule has 1 aromatic heterocycles. The topological polar surface area (TPSA) is 56.0 Å². The number of nitrogens with zero attached hydrogens (tertiary/aromatic N) is 2. The van der Waals surface area contributed by atoms with Gasteiger partial charge in [-0.15, -0.1) is 0 Å². The molecule has 0 aliphatic heterocycles. The van der Waals surface area contributed by atoms with E-state index in [0.717, 1.165) is 13.0 Å². The van der Waals surface area contributed by atoms with Gasteiger partial charge >= 0.3 is 5.69 Å². The Morgan fingerprint density at radius 1 is 1.11 bits per heavy atom. The number of hydrogen-bond donors (Lipinski definition) is 1. The van der Waals surface area contributed by atoms with Gasteiger partial charge in [-0.2, -0.15) is 0 Å². The number of aromatic nitrogens is 2. The van der Waals surface area contributed by atoms with Crippen LogP contribution in [-0.2, 0) is 13.1 Å². The predicted molar refractivity (Wildman–Crippen MR) is 77.6 cm³/mol. The second kappa shape index (κ2) is 8.69. The Morgan fingerprint density at radius 3 is 2.58 bits per heavy atom. The van der Waals surface area contributed by atoms with E-state index in [1.807, 2.05) is 6.92 Å². The van der Waals surface area contributed by atoms with E-state index in [9.17, 15) is 9.59 Å². The molecule has 0 saturated heterocycles. The normalized spacial score (nSPS) is 10.8. The third-order valence-electron chi connectivity index (χ3n) is 3.20. The Morgan fingerprint density at radius 2 is 1.89 bits per heavy atom. The average Bonchev–Trinajstić information content (AvgIpc) is 2.41. The lowest BCUT2D eigenvalue weighted by Crippen LogP contribution is -2.41. The van der Waals surface area contributed by atoms with Crippen LogP contribution in [0, 0.1) is 0 Å². The van der Waals surface area contributed by atoms with Crippen LogP contribution in [0.4, 0.5) is 0 Å². The Labute approximate surface area is 114 Å². The van der Waals surface area contributed by atoms with Crippen LogP contribution in [0.2, 0.25) is 0 Å². The van der Waals surface area contributed by atoms with Gasteiger partial charge in [0, 0.05) is 31.9 Å². The van der Waals surface area contributed by atoms with Gasteiger partial charge in [0.2, 0.25) is 0 Å². The zero-order chi connectivity index (χ0) is 14.1. The molecule has 0 atom stereocenters. The molecule has 19 heavy (non-hydrogen) atoms. The number of unbranched alkanes of at least 4 members (excludes halogenated alkanes) is 3. The van der Waals surface area contributed by atoms with E-state index >= 15 is 0 Å². The number of hydrogen-bond acceptors (Lipinski definition) is 3. The molecule has 0 radical (unpaired) electrons. The van der Waals surface area contributed by atoms with Crippen molar-refractivity contribution in [3.63, 3.8) is 0 Å². The Kier molecular flexibility index (Phi) is 7.18. The number of aryl methyl sites for hydroxylation is 1. The highest BCUT2D eigenvalue weighted by atomic mass is 16.2. The summed E-state index contributed by atoms with van der Waals surface area (Å²) in [4.78, 5) is 23.6. The molecule has 1 aromatic rings. The van der Waals surface area contributed by atoms with E-state index in [1.54, 1.807) is 10.8 Å². The van der Waals surface area contributed by atoms with E-state index in [-0.39, 0.29) is 11.2 Å². The quantitative estimate of drug-likeness (QED) is 0.684. The molecule has 5 nitrogen and oxygen atoms in total. The molecule has 0 bridgehead atoms. The Bertz CT molecular complexity index is 476. The van der Waals surface area contributed by atoms with E-state index in [1.165, 1.54) is 29.9 Å². The van der Waals surface area contributed by atoms with Crippen LogP contribution in [0.5, 0.6) is 0 Å². The van der Waals surface area contributed by atoms with Gasteiger partial charge in [0.05, 0.1) is 0 Å². The summed E-state index contributed by atoms with van der Waals surface area (Å²) in [6, 6.07) is 1.45. The summed E-state index contributed by atoms with van der Waals surface area (Å²) in [7, 11) is 0. The van der Waals surface area contributed by atoms with Gasteiger partial charge in [0.1, 0.15) is 0 Å². The van der Waals surface area contributed by atoms with Crippen molar-refractivity contribution in [1.82, 2.24) is 14.5 Å². The Hall–Kier alpha value is -1.36. The molecule has 5 heteroatoms. The van der Waals surface area contributed by atoms with Crippen LogP contribution in [-0.4, -0.2) is 22.2 Å². The summed E-state index contributed by atoms with van der Waals surface area (Å²) in [5.41, 5.74) is -0.440. The van der Waals surface area contributed by atoms with Crippen molar-refractivity contribution in [2.45, 2.75) is 52.6 Å². The summed E-state index contributed by atoms with van der Waals surface area (Å²) in [5, 5.41) is 3.28. The van der Waals surface area contributed by atoms with E-state index in [2.05, 4.69) is 12.2 Å². The van der Waals surface area contributed by atoms with Crippen molar-refractivity contribution >= 4 is 0 Å². The molecule has 0 unspecified atom stereocenters. The van der Waals surface area contributed by atoms with Crippen LogP contribution >= 0.6 is 0 Å². The van der Waals surface area contributed by atoms with Gasteiger partial charge in [-0.3, -0.25) is 9.36 Å². The zero-order valence-corrected chi connectivity index (χ0v) is 12.0. The molecule has 108 valence electrons. The lowest BCUT2D eigenvalue weighted by molar-refractivity contribution is 0.520. The highest BCUT2D eigenvalue weighted by molar-refractivity contribution is 4.86. The summed E-state index contributed by atoms with van der Waals surface area (Å²) in [5.74, 6) is 0. The minimum atomic E-state index is -0.220. The summed E-state index contributed by atoms with van der Waals surface area (Å²) in [6.45, 7) is 6.71. The van der Waals surface area contributed by atoms with E-state index in [4.69, 9.17) is 0 Å². The first-order valence-corrected chi connectivity index (χ1v) is 7.21. The molecule has 1 rings (SSSR count). The Balaban J connectivity index is 2.41. The summed E-state index contributed by atoms with van der Waals surface area (Å²) < 4.78 is 2.84. The van der Waals surface area contributed by atoms with Gasteiger partial charge in [-0.25, -0.2) is 4.79 Å². The number of nitrogens with one attached hydrogen (secondary N) is 1. The lowest BCUT2D eigenvalue weighted by atomic mass is 10.2. The van der Waals surface area contributed by atoms with Crippen molar-refractivity contribution in [3.05, 3.63) is 33.1 Å².